The first-order valence-electron chi connectivity index (χ1n) is 8.48. The van der Waals surface area contributed by atoms with Crippen molar-refractivity contribution in [3.05, 3.63) is 71.2 Å². The van der Waals surface area contributed by atoms with E-state index in [1.54, 1.807) is 36.4 Å². The van der Waals surface area contributed by atoms with E-state index in [2.05, 4.69) is 43.7 Å². The number of hydrogen-bond donors (Lipinski definition) is 3. The van der Waals surface area contributed by atoms with E-state index in [-0.39, 0.29) is 19.1 Å². The highest BCUT2D eigenvalue weighted by atomic mass is 79.9. The summed E-state index contributed by atoms with van der Waals surface area (Å²) in [5.41, 5.74) is 3.39. The predicted molar refractivity (Wildman–Crippen MR) is 114 cm³/mol. The van der Waals surface area contributed by atoms with Crippen LogP contribution < -0.4 is 20.8 Å². The lowest BCUT2D eigenvalue weighted by molar-refractivity contribution is -0.139. The quantitative estimate of drug-likeness (QED) is 0.244. The third-order valence-corrected chi connectivity index (χ3v) is 3.88. The van der Waals surface area contributed by atoms with E-state index >= 15 is 0 Å². The summed E-state index contributed by atoms with van der Waals surface area (Å²) in [4.78, 5) is 34.9. The summed E-state index contributed by atoms with van der Waals surface area (Å²) in [6.07, 6.45) is 2.81. The molecule has 0 fully saturated rings. The fourth-order valence-corrected chi connectivity index (χ4v) is 2.29. The molecule has 9 heteroatoms. The maximum atomic E-state index is 12.0. The number of hydrogen-bond acceptors (Lipinski definition) is 5. The molecule has 0 aliphatic rings. The minimum Gasteiger partial charge on any atom is -0.484 e. The number of carbonyl (C=O) groups excluding carboxylic acids is 3. The zero-order valence-electron chi connectivity index (χ0n) is 15.4. The van der Waals surface area contributed by atoms with Gasteiger partial charge in [-0.1, -0.05) is 34.1 Å². The fraction of sp³-hybridized carbons (Fsp3) is 0.100. The van der Waals surface area contributed by atoms with Crippen molar-refractivity contribution in [2.45, 2.75) is 0 Å². The van der Waals surface area contributed by atoms with Gasteiger partial charge in [-0.05, 0) is 42.0 Å². The van der Waals surface area contributed by atoms with Crippen molar-refractivity contribution in [3.8, 4) is 5.75 Å². The van der Waals surface area contributed by atoms with Crippen LogP contribution in [0.25, 0.3) is 0 Å². The molecule has 3 amide bonds. The molecule has 0 saturated heterocycles. The number of anilines is 1. The Hall–Kier alpha value is -3.46. The summed E-state index contributed by atoms with van der Waals surface area (Å²) in [6, 6.07) is 13.9. The molecule has 29 heavy (non-hydrogen) atoms. The highest BCUT2D eigenvalue weighted by Gasteiger charge is 2.10. The molecule has 0 radical (unpaired) electrons. The highest BCUT2D eigenvalue weighted by Crippen LogP contribution is 2.15. The molecule has 0 spiro atoms. The molecule has 0 aliphatic carbocycles. The van der Waals surface area contributed by atoms with Gasteiger partial charge in [-0.25, -0.2) is 5.43 Å². The third kappa shape index (κ3) is 7.97. The Morgan fingerprint density at radius 3 is 2.59 bits per heavy atom. The Kier molecular flexibility index (Phi) is 8.58. The molecule has 0 saturated carbocycles. The molecule has 0 aliphatic heterocycles. The zero-order valence-corrected chi connectivity index (χ0v) is 16.9. The van der Waals surface area contributed by atoms with Crippen molar-refractivity contribution in [1.29, 1.82) is 0 Å². The summed E-state index contributed by atoms with van der Waals surface area (Å²) >= 11 is 3.33. The van der Waals surface area contributed by atoms with Crippen LogP contribution in [0.3, 0.4) is 0 Å². The number of nitrogens with zero attached hydrogens (tertiary/aromatic N) is 1. The highest BCUT2D eigenvalue weighted by molar-refractivity contribution is 9.10. The molecule has 150 valence electrons. The first-order chi connectivity index (χ1) is 14.0. The Morgan fingerprint density at radius 2 is 1.86 bits per heavy atom. The standard InChI is InChI=1S/C20H19BrN4O4/c1-2-10-22-19(27)20(28)25-23-12-14-4-3-5-17(11-14)29-13-18(26)24-16-8-6-15(21)7-9-16/h2-9,11-12H,1,10,13H2,(H,22,27)(H,24,26)(H,25,28)/b23-12-. The lowest BCUT2D eigenvalue weighted by Crippen LogP contribution is -2.37. The Bertz CT molecular complexity index is 913. The van der Waals surface area contributed by atoms with Crippen LogP contribution in [0.4, 0.5) is 5.69 Å². The van der Waals surface area contributed by atoms with Gasteiger partial charge in [-0.3, -0.25) is 14.4 Å². The molecule has 3 N–H and O–H groups in total. The van der Waals surface area contributed by atoms with Crippen LogP contribution >= 0.6 is 15.9 Å². The van der Waals surface area contributed by atoms with Crippen molar-refractivity contribution >= 4 is 45.6 Å². The molecule has 2 rings (SSSR count). The molecule has 8 nitrogen and oxygen atoms in total. The van der Waals surface area contributed by atoms with Gasteiger partial charge in [0, 0.05) is 16.7 Å². The SMILES string of the molecule is C=CCNC(=O)C(=O)N/N=C\c1cccc(OCC(=O)Nc2ccc(Br)cc2)c1. The van der Waals surface area contributed by atoms with Crippen LogP contribution in [0.2, 0.25) is 0 Å². The van der Waals surface area contributed by atoms with Gasteiger partial charge in [0.1, 0.15) is 5.75 Å². The number of carbonyl (C=O) groups is 3. The van der Waals surface area contributed by atoms with E-state index in [1.165, 1.54) is 12.3 Å². The van der Waals surface area contributed by atoms with E-state index in [0.717, 1.165) is 4.47 Å². The van der Waals surface area contributed by atoms with Crippen LogP contribution in [0.5, 0.6) is 5.75 Å². The van der Waals surface area contributed by atoms with E-state index in [0.29, 0.717) is 17.0 Å². The molecule has 2 aromatic rings. The van der Waals surface area contributed by atoms with Crippen molar-refractivity contribution in [1.82, 2.24) is 10.7 Å². The predicted octanol–water partition coefficient (Wildman–Crippen LogP) is 2.22. The number of benzene rings is 2. The summed E-state index contributed by atoms with van der Waals surface area (Å²) < 4.78 is 6.39. The van der Waals surface area contributed by atoms with Gasteiger partial charge >= 0.3 is 11.8 Å². The average molecular weight is 459 g/mol. The minimum absolute atomic E-state index is 0.170. The average Bonchev–Trinajstić information content (AvgIpc) is 2.72. The van der Waals surface area contributed by atoms with Crippen LogP contribution in [-0.2, 0) is 14.4 Å². The summed E-state index contributed by atoms with van der Waals surface area (Å²) in [5.74, 6) is -1.55. The van der Waals surface area contributed by atoms with Gasteiger partial charge in [0.05, 0.1) is 6.21 Å². The largest absolute Gasteiger partial charge is 0.484 e. The molecular formula is C20H19BrN4O4. The lowest BCUT2D eigenvalue weighted by atomic mass is 10.2. The van der Waals surface area contributed by atoms with Gasteiger partial charge in [-0.15, -0.1) is 6.58 Å². The van der Waals surface area contributed by atoms with Gasteiger partial charge in [0.25, 0.3) is 5.91 Å². The Balaban J connectivity index is 1.83. The maximum absolute atomic E-state index is 12.0. The molecule has 2 aromatic carbocycles. The fourth-order valence-electron chi connectivity index (χ4n) is 2.03. The number of hydrazone groups is 1. The Labute approximate surface area is 176 Å². The van der Waals surface area contributed by atoms with Crippen LogP contribution in [0.1, 0.15) is 5.56 Å². The van der Waals surface area contributed by atoms with E-state index in [9.17, 15) is 14.4 Å². The van der Waals surface area contributed by atoms with Crippen LogP contribution in [-0.4, -0.2) is 37.1 Å². The van der Waals surface area contributed by atoms with Crippen molar-refractivity contribution in [2.75, 3.05) is 18.5 Å². The number of halogens is 1. The summed E-state index contributed by atoms with van der Waals surface area (Å²) in [6.45, 7) is 3.45. The number of ether oxygens (including phenoxy) is 1. The normalized spacial score (nSPS) is 10.2. The molecule has 0 heterocycles. The number of nitrogens with one attached hydrogen (secondary N) is 3. The smallest absolute Gasteiger partial charge is 0.329 e. The minimum atomic E-state index is -0.889. The molecular weight excluding hydrogens is 440 g/mol. The molecule has 0 unspecified atom stereocenters. The third-order valence-electron chi connectivity index (χ3n) is 3.35. The first-order valence-corrected chi connectivity index (χ1v) is 9.27. The van der Waals surface area contributed by atoms with E-state index in [4.69, 9.17) is 4.74 Å². The Morgan fingerprint density at radius 1 is 1.10 bits per heavy atom. The second-order valence-corrected chi connectivity index (χ2v) is 6.53. The lowest BCUT2D eigenvalue weighted by Gasteiger charge is -2.08. The maximum Gasteiger partial charge on any atom is 0.329 e. The van der Waals surface area contributed by atoms with Crippen molar-refractivity contribution < 1.29 is 19.1 Å². The zero-order chi connectivity index (χ0) is 21.1. The first kappa shape index (κ1) is 21.8. The molecule has 0 bridgehead atoms. The van der Waals surface area contributed by atoms with E-state index < -0.39 is 11.8 Å². The van der Waals surface area contributed by atoms with Gasteiger partial charge in [0.15, 0.2) is 6.61 Å². The van der Waals surface area contributed by atoms with Gasteiger partial charge < -0.3 is 15.4 Å². The summed E-state index contributed by atoms with van der Waals surface area (Å²) in [7, 11) is 0. The number of rotatable bonds is 8. The second kappa shape index (κ2) is 11.4. The van der Waals surface area contributed by atoms with Gasteiger partial charge in [0.2, 0.25) is 0 Å². The molecule has 0 aromatic heterocycles. The van der Waals surface area contributed by atoms with Crippen LogP contribution in [0, 0.1) is 0 Å². The van der Waals surface area contributed by atoms with Gasteiger partial charge in [-0.2, -0.15) is 5.10 Å². The monoisotopic (exact) mass is 458 g/mol. The van der Waals surface area contributed by atoms with E-state index in [1.807, 2.05) is 12.1 Å². The molecule has 0 atom stereocenters. The second-order valence-electron chi connectivity index (χ2n) is 5.61. The van der Waals surface area contributed by atoms with Crippen LogP contribution in [0.15, 0.2) is 70.8 Å². The summed E-state index contributed by atoms with van der Waals surface area (Å²) in [5, 5.41) is 8.78. The van der Waals surface area contributed by atoms with Crippen molar-refractivity contribution in [2.24, 2.45) is 5.10 Å². The number of amides is 3. The van der Waals surface area contributed by atoms with Crippen molar-refractivity contribution in [3.63, 3.8) is 0 Å². The topological polar surface area (TPSA) is 109 Å².